The molecule has 0 fully saturated rings. The van der Waals surface area contributed by atoms with Crippen molar-refractivity contribution >= 4 is 11.6 Å². The van der Waals surface area contributed by atoms with Crippen LogP contribution in [-0.2, 0) is 5.60 Å². The lowest BCUT2D eigenvalue weighted by Crippen LogP contribution is -2.25. The van der Waals surface area contributed by atoms with Crippen LogP contribution in [0.1, 0.15) is 18.2 Å². The first-order valence-corrected chi connectivity index (χ1v) is 5.77. The van der Waals surface area contributed by atoms with Gasteiger partial charge in [-0.15, -0.1) is 0 Å². The molecule has 18 heavy (non-hydrogen) atoms. The second kappa shape index (κ2) is 4.92. The zero-order valence-electron chi connectivity index (χ0n) is 10.1. The van der Waals surface area contributed by atoms with Crippen LogP contribution in [0.15, 0.2) is 36.7 Å². The van der Waals surface area contributed by atoms with Crippen LogP contribution in [0.25, 0.3) is 0 Å². The Morgan fingerprint density at radius 3 is 2.39 bits per heavy atom. The number of rotatable bonds is 3. The lowest BCUT2D eigenvalue weighted by Gasteiger charge is -2.24. The fraction of sp³-hybridized carbons (Fsp3) is 0.231. The summed E-state index contributed by atoms with van der Waals surface area (Å²) < 4.78 is 5.12. The van der Waals surface area contributed by atoms with Gasteiger partial charge < -0.3 is 9.84 Å². The molecule has 0 amide bonds. The second-order valence-electron chi connectivity index (χ2n) is 3.99. The number of halogens is 1. The molecule has 2 aromatic rings. The zero-order valence-corrected chi connectivity index (χ0v) is 10.8. The highest BCUT2D eigenvalue weighted by Gasteiger charge is 2.31. The normalized spacial score (nSPS) is 14.0. The minimum atomic E-state index is -1.29. The van der Waals surface area contributed by atoms with Crippen LogP contribution in [-0.4, -0.2) is 22.2 Å². The molecule has 0 spiro atoms. The predicted molar refractivity (Wildman–Crippen MR) is 68.7 cm³/mol. The minimum Gasteiger partial charge on any atom is -0.480 e. The van der Waals surface area contributed by atoms with E-state index in [1.54, 1.807) is 31.2 Å². The van der Waals surface area contributed by atoms with Crippen LogP contribution in [0, 0.1) is 0 Å². The molecule has 0 aliphatic carbocycles. The molecule has 1 aromatic heterocycles. The van der Waals surface area contributed by atoms with E-state index in [1.165, 1.54) is 19.5 Å². The highest BCUT2D eigenvalue weighted by atomic mass is 35.5. The average Bonchev–Trinajstić information content (AvgIpc) is 2.39. The summed E-state index contributed by atoms with van der Waals surface area (Å²) in [6.45, 7) is 1.64. The monoisotopic (exact) mass is 264 g/mol. The van der Waals surface area contributed by atoms with Crippen LogP contribution >= 0.6 is 11.6 Å². The third-order valence-corrected chi connectivity index (χ3v) is 2.98. The van der Waals surface area contributed by atoms with Gasteiger partial charge >= 0.3 is 0 Å². The first kappa shape index (κ1) is 12.8. The van der Waals surface area contributed by atoms with Crippen LogP contribution in [0.4, 0.5) is 0 Å². The van der Waals surface area contributed by atoms with Gasteiger partial charge in [-0.25, -0.2) is 4.98 Å². The van der Waals surface area contributed by atoms with Crippen molar-refractivity contribution in [2.75, 3.05) is 7.11 Å². The Bertz CT molecular complexity index is 541. The molecule has 1 N–H and O–H groups in total. The van der Waals surface area contributed by atoms with Crippen LogP contribution < -0.4 is 4.74 Å². The SMILES string of the molecule is COc1nccnc1C(C)(O)c1ccc(Cl)cc1. The summed E-state index contributed by atoms with van der Waals surface area (Å²) in [6, 6.07) is 6.93. The maximum absolute atomic E-state index is 10.6. The molecule has 2 rings (SSSR count). The summed E-state index contributed by atoms with van der Waals surface area (Å²) in [7, 11) is 1.49. The molecule has 0 radical (unpaired) electrons. The highest BCUT2D eigenvalue weighted by Crippen LogP contribution is 2.32. The molecule has 0 saturated carbocycles. The van der Waals surface area contributed by atoms with Gasteiger partial charge in [0.15, 0.2) is 0 Å². The van der Waals surface area contributed by atoms with E-state index in [-0.39, 0.29) is 0 Å². The summed E-state index contributed by atoms with van der Waals surface area (Å²) in [5, 5.41) is 11.2. The number of nitrogens with zero attached hydrogens (tertiary/aromatic N) is 2. The van der Waals surface area contributed by atoms with E-state index in [9.17, 15) is 5.11 Å². The fourth-order valence-electron chi connectivity index (χ4n) is 1.72. The Morgan fingerprint density at radius 1 is 1.17 bits per heavy atom. The number of ether oxygens (including phenoxy) is 1. The summed E-state index contributed by atoms with van der Waals surface area (Å²) >= 11 is 5.83. The van der Waals surface area contributed by atoms with Gasteiger partial charge in [-0.05, 0) is 24.6 Å². The Balaban J connectivity index is 2.50. The van der Waals surface area contributed by atoms with Crippen molar-refractivity contribution in [3.05, 3.63) is 52.9 Å². The molecule has 4 nitrogen and oxygen atoms in total. The van der Waals surface area contributed by atoms with Crippen LogP contribution in [0.3, 0.4) is 0 Å². The number of hydrogen-bond acceptors (Lipinski definition) is 4. The van der Waals surface area contributed by atoms with Gasteiger partial charge in [-0.3, -0.25) is 4.98 Å². The molecule has 0 aliphatic heterocycles. The van der Waals surface area contributed by atoms with E-state index in [1.807, 2.05) is 0 Å². The van der Waals surface area contributed by atoms with Gasteiger partial charge in [0.25, 0.3) is 0 Å². The van der Waals surface area contributed by atoms with E-state index >= 15 is 0 Å². The van der Waals surface area contributed by atoms with Crippen molar-refractivity contribution in [3.8, 4) is 5.88 Å². The molecule has 0 bridgehead atoms. The maximum Gasteiger partial charge on any atom is 0.238 e. The number of methoxy groups -OCH3 is 1. The van der Waals surface area contributed by atoms with Gasteiger partial charge in [0, 0.05) is 17.4 Å². The first-order chi connectivity index (χ1) is 8.55. The number of aromatic nitrogens is 2. The Labute approximate surface area is 110 Å². The van der Waals surface area contributed by atoms with Crippen molar-refractivity contribution in [1.29, 1.82) is 0 Å². The van der Waals surface area contributed by atoms with Crippen LogP contribution in [0.2, 0.25) is 5.02 Å². The summed E-state index contributed by atoms with van der Waals surface area (Å²) in [4.78, 5) is 8.19. The quantitative estimate of drug-likeness (QED) is 0.925. The minimum absolute atomic E-state index is 0.303. The van der Waals surface area contributed by atoms with Crippen molar-refractivity contribution < 1.29 is 9.84 Å². The molecule has 5 heteroatoms. The third-order valence-electron chi connectivity index (χ3n) is 2.73. The van der Waals surface area contributed by atoms with Crippen molar-refractivity contribution in [2.24, 2.45) is 0 Å². The van der Waals surface area contributed by atoms with Crippen molar-refractivity contribution in [1.82, 2.24) is 9.97 Å². The molecule has 1 aromatic carbocycles. The topological polar surface area (TPSA) is 55.2 Å². The van der Waals surface area contributed by atoms with Crippen molar-refractivity contribution in [2.45, 2.75) is 12.5 Å². The van der Waals surface area contributed by atoms with E-state index in [4.69, 9.17) is 16.3 Å². The average molecular weight is 265 g/mol. The van der Waals surface area contributed by atoms with Gasteiger partial charge in [-0.2, -0.15) is 0 Å². The largest absolute Gasteiger partial charge is 0.480 e. The Hall–Kier alpha value is -1.65. The molecule has 0 saturated heterocycles. The van der Waals surface area contributed by atoms with E-state index < -0.39 is 5.60 Å². The molecular weight excluding hydrogens is 252 g/mol. The Kier molecular flexibility index (Phi) is 3.50. The molecule has 94 valence electrons. The molecule has 0 aliphatic rings. The van der Waals surface area contributed by atoms with E-state index in [0.717, 1.165) is 0 Å². The maximum atomic E-state index is 10.6. The zero-order chi connectivity index (χ0) is 13.2. The summed E-state index contributed by atoms with van der Waals surface area (Å²) in [5.74, 6) is 0.303. The third kappa shape index (κ3) is 2.30. The summed E-state index contributed by atoms with van der Waals surface area (Å²) in [6.07, 6.45) is 3.03. The van der Waals surface area contributed by atoms with Gasteiger partial charge in [0.2, 0.25) is 5.88 Å². The lowest BCUT2D eigenvalue weighted by molar-refractivity contribution is 0.0929. The predicted octanol–water partition coefficient (Wildman–Crippen LogP) is 2.39. The van der Waals surface area contributed by atoms with Crippen LogP contribution in [0.5, 0.6) is 5.88 Å². The van der Waals surface area contributed by atoms with Crippen molar-refractivity contribution in [3.63, 3.8) is 0 Å². The van der Waals surface area contributed by atoms with Gasteiger partial charge in [-0.1, -0.05) is 23.7 Å². The fourth-order valence-corrected chi connectivity index (χ4v) is 1.85. The standard InChI is InChI=1S/C13H13ClN2O2/c1-13(17,9-3-5-10(14)6-4-9)11-12(18-2)16-8-7-15-11/h3-8,17H,1-2H3. The molecule has 1 unspecified atom stereocenters. The smallest absolute Gasteiger partial charge is 0.238 e. The molecule has 1 heterocycles. The second-order valence-corrected chi connectivity index (χ2v) is 4.43. The van der Waals surface area contributed by atoms with E-state index in [2.05, 4.69) is 9.97 Å². The summed E-state index contributed by atoms with van der Waals surface area (Å²) in [5.41, 5.74) is -0.245. The number of hydrogen-bond donors (Lipinski definition) is 1. The lowest BCUT2D eigenvalue weighted by atomic mass is 9.92. The van der Waals surface area contributed by atoms with Gasteiger partial charge in [0.1, 0.15) is 11.3 Å². The molecular formula is C13H13ClN2O2. The number of aliphatic hydroxyl groups is 1. The van der Waals surface area contributed by atoms with E-state index in [0.29, 0.717) is 22.2 Å². The van der Waals surface area contributed by atoms with Gasteiger partial charge in [0.05, 0.1) is 7.11 Å². The highest BCUT2D eigenvalue weighted by molar-refractivity contribution is 6.30. The Morgan fingerprint density at radius 2 is 1.78 bits per heavy atom. The molecule has 1 atom stereocenters. The number of benzene rings is 1. The first-order valence-electron chi connectivity index (χ1n) is 5.39.